The largest absolute Gasteiger partial charge is 0.341 e. The molecular weight excluding hydrogens is 292 g/mol. The van der Waals surface area contributed by atoms with Gasteiger partial charge in [0, 0.05) is 44.1 Å². The molecule has 1 amide bonds. The summed E-state index contributed by atoms with van der Waals surface area (Å²) >= 11 is 1.93. The van der Waals surface area contributed by atoms with Crippen molar-refractivity contribution in [1.29, 1.82) is 0 Å². The van der Waals surface area contributed by atoms with Gasteiger partial charge in [0.1, 0.15) is 0 Å². The molecule has 0 aromatic heterocycles. The number of thioether (sulfide) groups is 1. The first-order valence-corrected chi connectivity index (χ1v) is 7.91. The highest BCUT2D eigenvalue weighted by Gasteiger charge is 2.19. The molecule has 112 valence electrons. The van der Waals surface area contributed by atoms with E-state index in [-0.39, 0.29) is 18.3 Å². The van der Waals surface area contributed by atoms with Gasteiger partial charge in [-0.3, -0.25) is 4.79 Å². The molecule has 1 heterocycles. The van der Waals surface area contributed by atoms with Crippen LogP contribution in [0, 0.1) is 6.92 Å². The molecule has 1 fully saturated rings. The van der Waals surface area contributed by atoms with Crippen LogP contribution in [0.2, 0.25) is 0 Å². The van der Waals surface area contributed by atoms with E-state index < -0.39 is 0 Å². The number of carbonyl (C=O) groups excluding carboxylic acids is 1. The van der Waals surface area contributed by atoms with E-state index in [1.165, 1.54) is 11.1 Å². The average molecular weight is 315 g/mol. The normalized spacial score (nSPS) is 18.2. The van der Waals surface area contributed by atoms with Crippen LogP contribution in [0.25, 0.3) is 0 Å². The zero-order valence-electron chi connectivity index (χ0n) is 12.1. The van der Waals surface area contributed by atoms with Crippen LogP contribution in [-0.2, 0) is 11.3 Å². The third-order valence-electron chi connectivity index (χ3n) is 3.35. The van der Waals surface area contributed by atoms with Crippen LogP contribution in [0.5, 0.6) is 0 Å². The van der Waals surface area contributed by atoms with Crippen molar-refractivity contribution in [2.45, 2.75) is 25.9 Å². The van der Waals surface area contributed by atoms with Crippen LogP contribution >= 0.6 is 24.2 Å². The zero-order valence-corrected chi connectivity index (χ0v) is 13.7. The molecule has 0 radical (unpaired) electrons. The van der Waals surface area contributed by atoms with Gasteiger partial charge < -0.3 is 10.2 Å². The molecule has 1 unspecified atom stereocenters. The molecule has 20 heavy (non-hydrogen) atoms. The third-order valence-corrected chi connectivity index (χ3v) is 4.48. The lowest BCUT2D eigenvalue weighted by Crippen LogP contribution is -2.41. The first-order chi connectivity index (χ1) is 9.15. The maximum atomic E-state index is 12.2. The highest BCUT2D eigenvalue weighted by molar-refractivity contribution is 7.99. The first kappa shape index (κ1) is 17.3. The second-order valence-electron chi connectivity index (χ2n) is 5.17. The molecule has 5 heteroatoms. The van der Waals surface area contributed by atoms with Gasteiger partial charge in [0.05, 0.1) is 0 Å². The van der Waals surface area contributed by atoms with Gasteiger partial charge in [-0.15, -0.1) is 12.4 Å². The van der Waals surface area contributed by atoms with E-state index in [1.807, 2.05) is 29.8 Å². The van der Waals surface area contributed by atoms with Crippen molar-refractivity contribution in [2.24, 2.45) is 0 Å². The second kappa shape index (κ2) is 8.55. The second-order valence-corrected chi connectivity index (χ2v) is 6.32. The lowest BCUT2D eigenvalue weighted by Gasteiger charge is -2.25. The molecule has 0 spiro atoms. The number of hydrogen-bond donors (Lipinski definition) is 1. The van der Waals surface area contributed by atoms with Crippen LogP contribution in [0.1, 0.15) is 17.5 Å². The number of nitrogens with one attached hydrogen (secondary N) is 1. The molecule has 0 aliphatic carbocycles. The Morgan fingerprint density at radius 1 is 1.50 bits per heavy atom. The highest BCUT2D eigenvalue weighted by atomic mass is 35.5. The van der Waals surface area contributed by atoms with Crippen LogP contribution in [0.4, 0.5) is 0 Å². The highest BCUT2D eigenvalue weighted by Crippen LogP contribution is 2.12. The zero-order chi connectivity index (χ0) is 13.7. The standard InChI is InChI=1S/C15H22N2OS.ClH/c1-12-4-3-5-13(8-12)10-17(2)15(18)9-14-11-19-7-6-16-14;/h3-5,8,14,16H,6-7,9-11H2,1-2H3;1H. The maximum absolute atomic E-state index is 12.2. The van der Waals surface area contributed by atoms with Gasteiger partial charge in [-0.05, 0) is 12.5 Å². The minimum absolute atomic E-state index is 0. The molecule has 1 aliphatic heterocycles. The summed E-state index contributed by atoms with van der Waals surface area (Å²) in [7, 11) is 1.89. The molecule has 1 aliphatic rings. The molecule has 0 saturated carbocycles. The van der Waals surface area contributed by atoms with Crippen molar-refractivity contribution in [3.8, 4) is 0 Å². The van der Waals surface area contributed by atoms with Crippen LogP contribution in [-0.4, -0.2) is 41.9 Å². The summed E-state index contributed by atoms with van der Waals surface area (Å²) in [5.74, 6) is 2.43. The number of hydrogen-bond acceptors (Lipinski definition) is 3. The van der Waals surface area contributed by atoms with E-state index >= 15 is 0 Å². The Balaban J connectivity index is 0.00000200. The number of aryl methyl sites for hydroxylation is 1. The van der Waals surface area contributed by atoms with E-state index in [2.05, 4.69) is 30.4 Å². The Labute approximate surface area is 131 Å². The van der Waals surface area contributed by atoms with Crippen LogP contribution in [0.15, 0.2) is 24.3 Å². The Kier molecular flexibility index (Phi) is 7.41. The summed E-state index contributed by atoms with van der Waals surface area (Å²) in [5, 5.41) is 3.41. The lowest BCUT2D eigenvalue weighted by atomic mass is 10.1. The van der Waals surface area contributed by atoms with Gasteiger partial charge >= 0.3 is 0 Å². The fraction of sp³-hybridized carbons (Fsp3) is 0.533. The van der Waals surface area contributed by atoms with E-state index in [0.29, 0.717) is 19.0 Å². The fourth-order valence-electron chi connectivity index (χ4n) is 2.29. The smallest absolute Gasteiger partial charge is 0.224 e. The van der Waals surface area contributed by atoms with Gasteiger partial charge in [0.15, 0.2) is 0 Å². The Morgan fingerprint density at radius 3 is 2.95 bits per heavy atom. The quantitative estimate of drug-likeness (QED) is 0.926. The predicted octanol–water partition coefficient (Wildman–Crippen LogP) is 2.47. The Bertz CT molecular complexity index is 436. The summed E-state index contributed by atoms with van der Waals surface area (Å²) in [5.41, 5.74) is 2.44. The summed E-state index contributed by atoms with van der Waals surface area (Å²) < 4.78 is 0. The van der Waals surface area contributed by atoms with Crippen molar-refractivity contribution >= 4 is 30.1 Å². The number of rotatable bonds is 4. The third kappa shape index (κ3) is 5.35. The van der Waals surface area contributed by atoms with Crippen molar-refractivity contribution in [3.05, 3.63) is 35.4 Å². The van der Waals surface area contributed by atoms with E-state index in [9.17, 15) is 4.79 Å². The average Bonchev–Trinajstić information content (AvgIpc) is 2.40. The molecular formula is C15H23ClN2OS. The maximum Gasteiger partial charge on any atom is 0.224 e. The van der Waals surface area contributed by atoms with Crippen LogP contribution < -0.4 is 5.32 Å². The van der Waals surface area contributed by atoms with Gasteiger partial charge in [-0.2, -0.15) is 11.8 Å². The number of carbonyl (C=O) groups is 1. The van der Waals surface area contributed by atoms with Gasteiger partial charge in [-0.1, -0.05) is 29.8 Å². The van der Waals surface area contributed by atoms with Gasteiger partial charge in [0.25, 0.3) is 0 Å². The van der Waals surface area contributed by atoms with Crippen molar-refractivity contribution in [2.75, 3.05) is 25.1 Å². The van der Waals surface area contributed by atoms with Crippen molar-refractivity contribution in [3.63, 3.8) is 0 Å². The SMILES string of the molecule is Cc1cccc(CN(C)C(=O)CC2CSCCN2)c1.Cl. The molecule has 1 aromatic rings. The Morgan fingerprint density at radius 2 is 2.30 bits per heavy atom. The van der Waals surface area contributed by atoms with Gasteiger partial charge in [-0.25, -0.2) is 0 Å². The first-order valence-electron chi connectivity index (χ1n) is 6.76. The molecule has 1 saturated heterocycles. The number of halogens is 1. The van der Waals surface area contributed by atoms with E-state index in [0.717, 1.165) is 18.1 Å². The summed E-state index contributed by atoms with van der Waals surface area (Å²) in [6, 6.07) is 8.67. The summed E-state index contributed by atoms with van der Waals surface area (Å²) in [6.45, 7) is 3.79. The predicted molar refractivity (Wildman–Crippen MR) is 88.6 cm³/mol. The molecule has 1 N–H and O–H groups in total. The van der Waals surface area contributed by atoms with E-state index in [4.69, 9.17) is 0 Å². The summed E-state index contributed by atoms with van der Waals surface area (Å²) in [4.78, 5) is 14.0. The van der Waals surface area contributed by atoms with Crippen LogP contribution in [0.3, 0.4) is 0 Å². The monoisotopic (exact) mass is 314 g/mol. The lowest BCUT2D eigenvalue weighted by molar-refractivity contribution is -0.130. The number of benzene rings is 1. The Hall–Kier alpha value is -0.710. The fourth-order valence-corrected chi connectivity index (χ4v) is 3.24. The number of nitrogens with zero attached hydrogens (tertiary/aromatic N) is 1. The topological polar surface area (TPSA) is 32.3 Å². The van der Waals surface area contributed by atoms with Gasteiger partial charge in [0.2, 0.25) is 5.91 Å². The molecule has 1 atom stereocenters. The molecule has 1 aromatic carbocycles. The van der Waals surface area contributed by atoms with E-state index in [1.54, 1.807) is 0 Å². The minimum Gasteiger partial charge on any atom is -0.341 e. The van der Waals surface area contributed by atoms with Crippen molar-refractivity contribution < 1.29 is 4.79 Å². The minimum atomic E-state index is 0. The summed E-state index contributed by atoms with van der Waals surface area (Å²) in [6.07, 6.45) is 0.606. The number of amides is 1. The van der Waals surface area contributed by atoms with Crippen molar-refractivity contribution in [1.82, 2.24) is 10.2 Å². The molecule has 0 bridgehead atoms. The molecule has 2 rings (SSSR count). The molecule has 3 nitrogen and oxygen atoms in total.